The van der Waals surface area contributed by atoms with Crippen LogP contribution in [-0.2, 0) is 10.0 Å². The lowest BCUT2D eigenvalue weighted by Crippen LogP contribution is -2.42. The minimum Gasteiger partial charge on any atom is -0.473 e. The molecule has 0 spiro atoms. The van der Waals surface area contributed by atoms with Gasteiger partial charge in [0, 0.05) is 13.1 Å². The van der Waals surface area contributed by atoms with E-state index in [9.17, 15) is 12.8 Å². The molecule has 1 aromatic carbocycles. The fourth-order valence-electron chi connectivity index (χ4n) is 2.99. The van der Waals surface area contributed by atoms with Crippen LogP contribution in [0.2, 0.25) is 0 Å². The van der Waals surface area contributed by atoms with Crippen molar-refractivity contribution in [2.24, 2.45) is 0 Å². The number of halogens is 1. The first-order valence-electron chi connectivity index (χ1n) is 8.15. The third-order valence-electron chi connectivity index (χ3n) is 4.34. The van der Waals surface area contributed by atoms with E-state index in [1.807, 2.05) is 11.4 Å². The Balaban J connectivity index is 1.46. The molecule has 9 heteroatoms. The Labute approximate surface area is 154 Å². The number of hydrogen-bond donors (Lipinski definition) is 0. The van der Waals surface area contributed by atoms with Crippen LogP contribution in [0.5, 0.6) is 5.88 Å². The summed E-state index contributed by atoms with van der Waals surface area (Å²) in [6.07, 6.45) is 2.36. The highest BCUT2D eigenvalue weighted by Gasteiger charge is 2.32. The Morgan fingerprint density at radius 3 is 2.69 bits per heavy atom. The quantitative estimate of drug-likeness (QED) is 0.681. The number of ether oxygens (including phenoxy) is 1. The number of nitrogens with zero attached hydrogens (tertiary/aromatic N) is 3. The predicted octanol–water partition coefficient (Wildman–Crippen LogP) is 3.06. The van der Waals surface area contributed by atoms with Gasteiger partial charge in [0.05, 0.1) is 5.52 Å². The van der Waals surface area contributed by atoms with Crippen molar-refractivity contribution < 1.29 is 17.5 Å². The minimum absolute atomic E-state index is 0.137. The van der Waals surface area contributed by atoms with Crippen molar-refractivity contribution in [2.45, 2.75) is 23.8 Å². The maximum atomic E-state index is 13.9. The molecule has 0 atom stereocenters. The molecule has 1 aliphatic rings. The number of piperidine rings is 1. The lowest BCUT2D eigenvalue weighted by Gasteiger charge is -2.31. The second-order valence-corrected chi connectivity index (χ2v) is 8.79. The van der Waals surface area contributed by atoms with E-state index in [1.54, 1.807) is 0 Å². The van der Waals surface area contributed by atoms with Gasteiger partial charge in [0.25, 0.3) is 0 Å². The largest absolute Gasteiger partial charge is 0.473 e. The van der Waals surface area contributed by atoms with Crippen molar-refractivity contribution in [3.05, 3.63) is 47.9 Å². The maximum Gasteiger partial charge on any atom is 0.245 e. The third kappa shape index (κ3) is 3.17. The number of thiophene rings is 1. The van der Waals surface area contributed by atoms with E-state index in [-0.39, 0.29) is 24.1 Å². The van der Waals surface area contributed by atoms with Crippen LogP contribution in [0.3, 0.4) is 0 Å². The number of aromatic nitrogens is 2. The van der Waals surface area contributed by atoms with Crippen LogP contribution in [0.15, 0.2) is 46.9 Å². The molecular formula is C17H16FN3O3S2. The van der Waals surface area contributed by atoms with Gasteiger partial charge in [-0.15, -0.1) is 11.3 Å². The van der Waals surface area contributed by atoms with Crippen LogP contribution in [0.1, 0.15) is 12.8 Å². The molecule has 1 aliphatic heterocycles. The summed E-state index contributed by atoms with van der Waals surface area (Å²) < 4.78 is 47.3. The summed E-state index contributed by atoms with van der Waals surface area (Å²) >= 11 is 1.51. The molecule has 0 radical (unpaired) electrons. The first kappa shape index (κ1) is 17.3. The van der Waals surface area contributed by atoms with E-state index in [4.69, 9.17) is 4.74 Å². The van der Waals surface area contributed by atoms with Gasteiger partial charge in [0.15, 0.2) is 0 Å². The van der Waals surface area contributed by atoms with E-state index in [0.29, 0.717) is 18.7 Å². The Hall–Kier alpha value is -2.10. The fraction of sp³-hybridized carbons (Fsp3) is 0.294. The summed E-state index contributed by atoms with van der Waals surface area (Å²) in [6, 6.07) is 7.35. The lowest BCUT2D eigenvalue weighted by molar-refractivity contribution is 0.132. The van der Waals surface area contributed by atoms with Crippen LogP contribution >= 0.6 is 11.3 Å². The number of sulfonamides is 1. The SMILES string of the molecule is O=S(=O)(c1ccccc1F)N1CCC(Oc2ncnc3ccsc23)CC1. The van der Waals surface area contributed by atoms with Gasteiger partial charge in [-0.25, -0.2) is 22.8 Å². The van der Waals surface area contributed by atoms with Crippen LogP contribution < -0.4 is 4.74 Å². The molecule has 0 bridgehead atoms. The van der Waals surface area contributed by atoms with Gasteiger partial charge in [-0.05, 0) is 36.4 Å². The summed E-state index contributed by atoms with van der Waals surface area (Å²) in [4.78, 5) is 8.09. The average molecular weight is 393 g/mol. The molecule has 0 unspecified atom stereocenters. The molecule has 6 nitrogen and oxygen atoms in total. The van der Waals surface area contributed by atoms with E-state index < -0.39 is 15.8 Å². The molecule has 1 fully saturated rings. The fourth-order valence-corrected chi connectivity index (χ4v) is 5.30. The Kier molecular flexibility index (Phi) is 4.60. The highest BCUT2D eigenvalue weighted by atomic mass is 32.2. The van der Waals surface area contributed by atoms with Gasteiger partial charge in [-0.2, -0.15) is 4.31 Å². The maximum absolute atomic E-state index is 13.9. The van der Waals surface area contributed by atoms with Gasteiger partial charge >= 0.3 is 0 Å². The molecule has 1 saturated heterocycles. The molecule has 0 aliphatic carbocycles. The molecule has 26 heavy (non-hydrogen) atoms. The lowest BCUT2D eigenvalue weighted by atomic mass is 10.1. The van der Waals surface area contributed by atoms with Crippen molar-refractivity contribution in [1.82, 2.24) is 14.3 Å². The van der Waals surface area contributed by atoms with Gasteiger partial charge in [0.1, 0.15) is 27.8 Å². The molecule has 136 valence electrons. The number of benzene rings is 1. The molecule has 0 amide bonds. The second kappa shape index (κ2) is 6.90. The Morgan fingerprint density at radius 1 is 1.15 bits per heavy atom. The summed E-state index contributed by atoms with van der Waals surface area (Å²) in [5.74, 6) is -0.202. The van der Waals surface area contributed by atoms with Crippen molar-refractivity contribution in [3.8, 4) is 5.88 Å². The number of fused-ring (bicyclic) bond motifs is 1. The normalized spacial score (nSPS) is 16.8. The Bertz CT molecular complexity index is 1030. The summed E-state index contributed by atoms with van der Waals surface area (Å²) in [7, 11) is -3.84. The zero-order valence-corrected chi connectivity index (χ0v) is 15.3. The van der Waals surface area contributed by atoms with Crippen molar-refractivity contribution in [1.29, 1.82) is 0 Å². The third-order valence-corrected chi connectivity index (χ3v) is 7.17. The van der Waals surface area contributed by atoms with Crippen molar-refractivity contribution in [2.75, 3.05) is 13.1 Å². The molecule has 2 aromatic heterocycles. The minimum atomic E-state index is -3.84. The van der Waals surface area contributed by atoms with E-state index in [1.165, 1.54) is 40.2 Å². The molecule has 0 saturated carbocycles. The highest BCUT2D eigenvalue weighted by Crippen LogP contribution is 2.30. The average Bonchev–Trinajstić information content (AvgIpc) is 3.12. The predicted molar refractivity (Wildman–Crippen MR) is 96.2 cm³/mol. The topological polar surface area (TPSA) is 72.4 Å². The monoisotopic (exact) mass is 393 g/mol. The standard InChI is InChI=1S/C17H16FN3O3S2/c18-13-3-1-2-4-15(13)26(22,23)21-8-5-12(6-9-21)24-17-16-14(7-10-25-16)19-11-20-17/h1-4,7,10-12H,5-6,8-9H2. The van der Waals surface area contributed by atoms with Crippen LogP contribution in [-0.4, -0.2) is 41.9 Å². The van der Waals surface area contributed by atoms with Gasteiger partial charge in [-0.1, -0.05) is 12.1 Å². The number of rotatable bonds is 4. The van der Waals surface area contributed by atoms with Gasteiger partial charge in [-0.3, -0.25) is 0 Å². The van der Waals surface area contributed by atoms with E-state index in [2.05, 4.69) is 9.97 Å². The highest BCUT2D eigenvalue weighted by molar-refractivity contribution is 7.89. The zero-order valence-electron chi connectivity index (χ0n) is 13.7. The number of hydrogen-bond acceptors (Lipinski definition) is 6. The van der Waals surface area contributed by atoms with Crippen LogP contribution in [0.4, 0.5) is 4.39 Å². The molecule has 0 N–H and O–H groups in total. The first-order chi connectivity index (χ1) is 12.6. The molecule has 3 aromatic rings. The van der Waals surface area contributed by atoms with Crippen molar-refractivity contribution in [3.63, 3.8) is 0 Å². The summed E-state index contributed by atoms with van der Waals surface area (Å²) in [6.45, 7) is 0.556. The first-order valence-corrected chi connectivity index (χ1v) is 10.5. The zero-order chi connectivity index (χ0) is 18.1. The smallest absolute Gasteiger partial charge is 0.245 e. The molecule has 4 rings (SSSR count). The van der Waals surface area contributed by atoms with Crippen LogP contribution in [0.25, 0.3) is 10.2 Å². The Morgan fingerprint density at radius 2 is 1.92 bits per heavy atom. The van der Waals surface area contributed by atoms with Crippen LogP contribution in [0, 0.1) is 5.82 Å². The van der Waals surface area contributed by atoms with E-state index >= 15 is 0 Å². The summed E-state index contributed by atoms with van der Waals surface area (Å²) in [5, 5.41) is 1.93. The van der Waals surface area contributed by atoms with Gasteiger partial charge in [0.2, 0.25) is 15.9 Å². The van der Waals surface area contributed by atoms with Gasteiger partial charge < -0.3 is 4.74 Å². The van der Waals surface area contributed by atoms with Crippen molar-refractivity contribution >= 4 is 31.6 Å². The molecular weight excluding hydrogens is 377 g/mol. The summed E-state index contributed by atoms with van der Waals surface area (Å²) in [5.41, 5.74) is 0.833. The molecule has 3 heterocycles. The second-order valence-electron chi connectivity index (χ2n) is 5.97. The van der Waals surface area contributed by atoms with E-state index in [0.717, 1.165) is 16.3 Å².